The molecule has 0 saturated heterocycles. The average molecular weight is 471 g/mol. The molecule has 0 aliphatic carbocycles. The monoisotopic (exact) mass is 472 g/mol. The van der Waals surface area contributed by atoms with Crippen LogP contribution in [-0.4, -0.2) is 26.2 Å². The standard InChI is InChI=1S/C15H10O3.2C4H9.Sn/c16-13-11-8-4-5-9-12(11)18-15(14(13)17)10-6-2-1-3-7-10;2*1-3-4-2;/h1-9,17H;2*1,3-4H2,2H3;. The fraction of sp³-hybridized carbons (Fsp3) is 0.348. The summed E-state index contributed by atoms with van der Waals surface area (Å²) < 4.78 is 8.86. The van der Waals surface area contributed by atoms with Gasteiger partial charge in [0.05, 0.1) is 5.39 Å². The average Bonchev–Trinajstić information content (AvgIpc) is 2.72. The molecule has 3 aromatic rings. The summed E-state index contributed by atoms with van der Waals surface area (Å²) in [4.78, 5) is 12.0. The number of benzene rings is 2. The first-order chi connectivity index (χ1) is 13.2. The normalized spacial score (nSPS) is 10.4. The van der Waals surface area contributed by atoms with Crippen molar-refractivity contribution in [3.63, 3.8) is 0 Å². The van der Waals surface area contributed by atoms with Gasteiger partial charge in [-0.2, -0.15) is 0 Å². The van der Waals surface area contributed by atoms with E-state index in [1.807, 2.05) is 18.2 Å². The van der Waals surface area contributed by atoms with Gasteiger partial charge < -0.3 is 9.52 Å². The second-order valence-electron chi connectivity index (χ2n) is 6.43. The fourth-order valence-electron chi connectivity index (χ4n) is 2.65. The second-order valence-corrected chi connectivity index (χ2v) is 10.7. The van der Waals surface area contributed by atoms with E-state index in [1.54, 1.807) is 45.3 Å². The fourth-order valence-corrected chi connectivity index (χ4v) is 6.80. The van der Waals surface area contributed by atoms with Crippen molar-refractivity contribution in [2.24, 2.45) is 0 Å². The Bertz CT molecular complexity index is 866. The molecule has 0 amide bonds. The Kier molecular flexibility index (Phi) is 9.46. The number of hydrogen-bond acceptors (Lipinski definition) is 3. The van der Waals surface area contributed by atoms with Crippen LogP contribution in [-0.2, 0) is 0 Å². The van der Waals surface area contributed by atoms with Gasteiger partial charge in [-0.1, -0.05) is 42.5 Å². The predicted octanol–water partition coefficient (Wildman–Crippen LogP) is 6.29. The van der Waals surface area contributed by atoms with Crippen LogP contribution in [0.1, 0.15) is 39.5 Å². The zero-order valence-electron chi connectivity index (χ0n) is 16.2. The molecular formula is C23H28O3Sn. The van der Waals surface area contributed by atoms with Crippen molar-refractivity contribution < 1.29 is 9.52 Å². The molecule has 0 saturated carbocycles. The Morgan fingerprint density at radius 3 is 2.11 bits per heavy atom. The molecule has 0 fully saturated rings. The largest absolute Gasteiger partial charge is 0.502 e. The van der Waals surface area contributed by atoms with Gasteiger partial charge in [0.25, 0.3) is 0 Å². The van der Waals surface area contributed by atoms with Gasteiger partial charge in [-0.15, -0.1) is 0 Å². The SMILES string of the molecule is CCC[CH2][Sn][CH2]CCC.O=c1c(O)c(-c2ccccc2)oc2ccccc12. The van der Waals surface area contributed by atoms with Crippen molar-refractivity contribution in [3.05, 3.63) is 64.8 Å². The number of aromatic hydroxyl groups is 1. The molecule has 0 unspecified atom stereocenters. The molecule has 1 heterocycles. The summed E-state index contributed by atoms with van der Waals surface area (Å²) in [6, 6.07) is 15.9. The maximum absolute atomic E-state index is 12.0. The molecule has 2 radical (unpaired) electrons. The molecule has 1 aromatic heterocycles. The van der Waals surface area contributed by atoms with E-state index < -0.39 is 5.43 Å². The minimum absolute atomic E-state index is 0.149. The second kappa shape index (κ2) is 11.9. The van der Waals surface area contributed by atoms with Gasteiger partial charge in [0, 0.05) is 5.56 Å². The minimum atomic E-state index is -0.407. The van der Waals surface area contributed by atoms with Crippen LogP contribution in [0.2, 0.25) is 8.87 Å². The number of hydrogen-bond donors (Lipinski definition) is 1. The Labute approximate surface area is 171 Å². The molecule has 2 aromatic carbocycles. The van der Waals surface area contributed by atoms with E-state index in [4.69, 9.17) is 4.42 Å². The molecule has 0 atom stereocenters. The third-order valence-electron chi connectivity index (χ3n) is 4.22. The third-order valence-corrected chi connectivity index (χ3v) is 8.26. The van der Waals surface area contributed by atoms with Crippen LogP contribution in [0.4, 0.5) is 0 Å². The van der Waals surface area contributed by atoms with Crippen molar-refractivity contribution in [2.75, 3.05) is 0 Å². The van der Waals surface area contributed by atoms with Crippen molar-refractivity contribution >= 4 is 32.1 Å². The van der Waals surface area contributed by atoms with Crippen LogP contribution in [0, 0.1) is 0 Å². The maximum Gasteiger partial charge on any atom is 0.235 e. The van der Waals surface area contributed by atoms with Gasteiger partial charge in [0.2, 0.25) is 11.2 Å². The Morgan fingerprint density at radius 1 is 0.889 bits per heavy atom. The van der Waals surface area contributed by atoms with E-state index >= 15 is 0 Å². The van der Waals surface area contributed by atoms with Crippen LogP contribution in [0.5, 0.6) is 5.75 Å². The topological polar surface area (TPSA) is 50.4 Å². The summed E-state index contributed by atoms with van der Waals surface area (Å²) in [6.07, 6.45) is 5.84. The molecule has 0 aliphatic rings. The quantitative estimate of drug-likeness (QED) is 0.326. The molecule has 4 heteroatoms. The summed E-state index contributed by atoms with van der Waals surface area (Å²) in [7, 11) is 0. The van der Waals surface area contributed by atoms with Gasteiger partial charge in [-0.3, -0.25) is 4.79 Å². The summed E-state index contributed by atoms with van der Waals surface area (Å²) in [5, 5.41) is 10.3. The van der Waals surface area contributed by atoms with Crippen LogP contribution < -0.4 is 5.43 Å². The third kappa shape index (κ3) is 6.42. The first-order valence-electron chi connectivity index (χ1n) is 9.70. The van der Waals surface area contributed by atoms with Crippen molar-refractivity contribution in [2.45, 2.75) is 48.4 Å². The molecule has 3 rings (SSSR count). The van der Waals surface area contributed by atoms with Crippen LogP contribution in [0.3, 0.4) is 0 Å². The Hall–Kier alpha value is -1.75. The Morgan fingerprint density at radius 2 is 1.48 bits per heavy atom. The molecule has 3 nitrogen and oxygen atoms in total. The van der Waals surface area contributed by atoms with Gasteiger partial charge in [0.1, 0.15) is 5.58 Å². The van der Waals surface area contributed by atoms with Gasteiger partial charge in [-0.25, -0.2) is 0 Å². The molecule has 0 bridgehead atoms. The predicted molar refractivity (Wildman–Crippen MR) is 115 cm³/mol. The van der Waals surface area contributed by atoms with E-state index in [0.29, 0.717) is 16.5 Å². The molecule has 0 spiro atoms. The maximum atomic E-state index is 12.0. The number of unbranched alkanes of at least 4 members (excludes halogenated alkanes) is 2. The molecule has 142 valence electrons. The van der Waals surface area contributed by atoms with Gasteiger partial charge in [-0.05, 0) is 12.1 Å². The smallest absolute Gasteiger partial charge is 0.235 e. The molecule has 27 heavy (non-hydrogen) atoms. The first kappa shape index (κ1) is 21.5. The zero-order chi connectivity index (χ0) is 19.5. The Balaban J connectivity index is 0.000000249. The summed E-state index contributed by atoms with van der Waals surface area (Å²) >= 11 is 0.149. The number of para-hydroxylation sites is 1. The van der Waals surface area contributed by atoms with Gasteiger partial charge >= 0.3 is 69.5 Å². The minimum Gasteiger partial charge on any atom is -0.502 e. The van der Waals surface area contributed by atoms with E-state index in [0.717, 1.165) is 0 Å². The van der Waals surface area contributed by atoms with E-state index in [-0.39, 0.29) is 32.7 Å². The van der Waals surface area contributed by atoms with E-state index in [1.165, 1.54) is 25.7 Å². The van der Waals surface area contributed by atoms with Crippen LogP contribution in [0.25, 0.3) is 22.3 Å². The van der Waals surface area contributed by atoms with Crippen molar-refractivity contribution in [1.82, 2.24) is 0 Å². The van der Waals surface area contributed by atoms with Crippen LogP contribution >= 0.6 is 0 Å². The summed E-state index contributed by atoms with van der Waals surface area (Å²) in [6.45, 7) is 4.58. The zero-order valence-corrected chi connectivity index (χ0v) is 19.1. The number of fused-ring (bicyclic) bond motifs is 1. The van der Waals surface area contributed by atoms with E-state index in [2.05, 4.69) is 13.8 Å². The molecular weight excluding hydrogens is 443 g/mol. The van der Waals surface area contributed by atoms with E-state index in [9.17, 15) is 9.90 Å². The van der Waals surface area contributed by atoms with Gasteiger partial charge in [0.15, 0.2) is 5.76 Å². The number of rotatable bonds is 7. The molecule has 0 aliphatic heterocycles. The van der Waals surface area contributed by atoms with Crippen molar-refractivity contribution in [3.8, 4) is 17.1 Å². The van der Waals surface area contributed by atoms with Crippen LogP contribution in [0.15, 0.2) is 63.8 Å². The first-order valence-corrected chi connectivity index (χ1v) is 13.7. The summed E-state index contributed by atoms with van der Waals surface area (Å²) in [5.74, 6) is -0.140. The molecule has 1 N–H and O–H groups in total. The van der Waals surface area contributed by atoms with Crippen molar-refractivity contribution in [1.29, 1.82) is 0 Å². The summed E-state index contributed by atoms with van der Waals surface area (Å²) in [5.41, 5.74) is 0.743.